The first-order valence-electron chi connectivity index (χ1n) is 8.39. The van der Waals surface area contributed by atoms with E-state index in [4.69, 9.17) is 0 Å². The molecule has 0 bridgehead atoms. The molecule has 0 spiro atoms. The van der Waals surface area contributed by atoms with Crippen LogP contribution in [-0.2, 0) is 27.8 Å². The lowest BCUT2D eigenvalue weighted by atomic mass is 10.1. The molecule has 1 aromatic carbocycles. The van der Waals surface area contributed by atoms with E-state index >= 15 is 0 Å². The number of hydrogen-bond donors (Lipinski definition) is 0. The summed E-state index contributed by atoms with van der Waals surface area (Å²) in [5, 5.41) is 0. The highest BCUT2D eigenvalue weighted by molar-refractivity contribution is 7.88. The van der Waals surface area contributed by atoms with Crippen LogP contribution in [0.5, 0.6) is 0 Å². The van der Waals surface area contributed by atoms with E-state index < -0.39 is 10.0 Å². The zero-order valence-corrected chi connectivity index (χ0v) is 16.2. The van der Waals surface area contributed by atoms with Crippen molar-refractivity contribution in [1.29, 1.82) is 0 Å². The van der Waals surface area contributed by atoms with Crippen molar-refractivity contribution in [2.24, 2.45) is 0 Å². The van der Waals surface area contributed by atoms with Gasteiger partial charge in [0.2, 0.25) is 15.9 Å². The number of rotatable bonds is 8. The van der Waals surface area contributed by atoms with Crippen molar-refractivity contribution < 1.29 is 13.2 Å². The number of hydrogen-bond acceptors (Lipinski definition) is 4. The smallest absolute Gasteiger partial charge is 0.237 e. The average molecular weight is 375 g/mol. The quantitative estimate of drug-likeness (QED) is 0.706. The lowest BCUT2D eigenvalue weighted by molar-refractivity contribution is -0.130. The average Bonchev–Trinajstić information content (AvgIpc) is 2.61. The lowest BCUT2D eigenvalue weighted by Crippen LogP contribution is -2.41. The first-order valence-corrected chi connectivity index (χ1v) is 10.2. The van der Waals surface area contributed by atoms with Crippen molar-refractivity contribution in [3.8, 4) is 0 Å². The molecule has 0 unspecified atom stereocenters. The van der Waals surface area contributed by atoms with Gasteiger partial charge in [0.1, 0.15) is 0 Å². The second-order valence-electron chi connectivity index (χ2n) is 6.44. The summed E-state index contributed by atoms with van der Waals surface area (Å²) in [7, 11) is -1.80. The van der Waals surface area contributed by atoms with E-state index in [1.165, 1.54) is 4.31 Å². The van der Waals surface area contributed by atoms with Crippen LogP contribution in [0, 0.1) is 6.92 Å². The van der Waals surface area contributed by atoms with Gasteiger partial charge in [-0.1, -0.05) is 29.8 Å². The Labute approximate surface area is 155 Å². The number of pyridine rings is 1. The summed E-state index contributed by atoms with van der Waals surface area (Å²) >= 11 is 0. The van der Waals surface area contributed by atoms with E-state index in [0.717, 1.165) is 22.9 Å². The standard InChI is InChI=1S/C19H25N3O3S/c1-16-4-6-18(7-5-16)14-22(26(3,24)25)15-19(23)21(2)13-10-17-8-11-20-12-9-17/h4-9,11-12H,10,13-15H2,1-3H3. The van der Waals surface area contributed by atoms with E-state index in [1.54, 1.807) is 24.3 Å². The summed E-state index contributed by atoms with van der Waals surface area (Å²) in [6, 6.07) is 11.4. The van der Waals surface area contributed by atoms with Crippen LogP contribution in [0.2, 0.25) is 0 Å². The molecular formula is C19H25N3O3S. The highest BCUT2D eigenvalue weighted by Gasteiger charge is 2.22. The third kappa shape index (κ3) is 6.24. The molecule has 1 amide bonds. The third-order valence-electron chi connectivity index (χ3n) is 4.17. The summed E-state index contributed by atoms with van der Waals surface area (Å²) in [5.41, 5.74) is 3.04. The van der Waals surface area contributed by atoms with Crippen molar-refractivity contribution in [1.82, 2.24) is 14.2 Å². The Morgan fingerprint density at radius 2 is 1.65 bits per heavy atom. The monoisotopic (exact) mass is 375 g/mol. The molecule has 0 atom stereocenters. The van der Waals surface area contributed by atoms with Gasteiger partial charge in [-0.15, -0.1) is 0 Å². The Kier molecular flexibility index (Phi) is 6.88. The highest BCUT2D eigenvalue weighted by atomic mass is 32.2. The minimum atomic E-state index is -3.49. The van der Waals surface area contributed by atoms with Gasteiger partial charge in [-0.3, -0.25) is 9.78 Å². The maximum Gasteiger partial charge on any atom is 0.237 e. The van der Waals surface area contributed by atoms with Gasteiger partial charge in [0.05, 0.1) is 12.8 Å². The van der Waals surface area contributed by atoms with Crippen LogP contribution in [0.3, 0.4) is 0 Å². The van der Waals surface area contributed by atoms with Gasteiger partial charge in [0, 0.05) is 32.5 Å². The van der Waals surface area contributed by atoms with Gasteiger partial charge in [-0.2, -0.15) is 4.31 Å². The predicted molar refractivity (Wildman–Crippen MR) is 102 cm³/mol. The molecule has 0 saturated heterocycles. The number of nitrogens with zero attached hydrogens (tertiary/aromatic N) is 3. The minimum absolute atomic E-state index is 0.167. The summed E-state index contributed by atoms with van der Waals surface area (Å²) < 4.78 is 25.4. The molecule has 0 aliphatic carbocycles. The summed E-state index contributed by atoms with van der Waals surface area (Å²) in [6.07, 6.45) is 5.25. The van der Waals surface area contributed by atoms with E-state index in [2.05, 4.69) is 4.98 Å². The molecule has 1 heterocycles. The number of carbonyl (C=O) groups is 1. The van der Waals surface area contributed by atoms with Crippen molar-refractivity contribution in [3.63, 3.8) is 0 Å². The Balaban J connectivity index is 1.98. The van der Waals surface area contributed by atoms with E-state index in [-0.39, 0.29) is 19.0 Å². The van der Waals surface area contributed by atoms with Crippen LogP contribution in [0.1, 0.15) is 16.7 Å². The second-order valence-corrected chi connectivity index (χ2v) is 8.42. The SMILES string of the molecule is Cc1ccc(CN(CC(=O)N(C)CCc2ccncc2)S(C)(=O)=O)cc1. The zero-order chi connectivity index (χ0) is 19.2. The lowest BCUT2D eigenvalue weighted by Gasteiger charge is -2.23. The molecule has 6 nitrogen and oxygen atoms in total. The maximum atomic E-state index is 12.5. The van der Waals surface area contributed by atoms with Crippen molar-refractivity contribution in [2.45, 2.75) is 19.9 Å². The summed E-state index contributed by atoms with van der Waals surface area (Å²) in [6.45, 7) is 2.51. The van der Waals surface area contributed by atoms with Crippen molar-refractivity contribution in [3.05, 3.63) is 65.5 Å². The molecule has 0 aliphatic heterocycles. The second kappa shape index (κ2) is 8.91. The maximum absolute atomic E-state index is 12.5. The molecule has 0 saturated carbocycles. The molecule has 7 heteroatoms. The molecular weight excluding hydrogens is 350 g/mol. The Bertz CT molecular complexity index is 821. The van der Waals surface area contributed by atoms with Gasteiger partial charge in [0.25, 0.3) is 0 Å². The largest absolute Gasteiger partial charge is 0.344 e. The van der Waals surface area contributed by atoms with Gasteiger partial charge < -0.3 is 4.90 Å². The number of sulfonamides is 1. The normalized spacial score (nSPS) is 11.5. The summed E-state index contributed by atoms with van der Waals surface area (Å²) in [4.78, 5) is 18.0. The first kappa shape index (κ1) is 20.1. The van der Waals surface area contributed by atoms with Gasteiger partial charge >= 0.3 is 0 Å². The molecule has 0 fully saturated rings. The fourth-order valence-corrected chi connectivity index (χ4v) is 3.16. The third-order valence-corrected chi connectivity index (χ3v) is 5.37. The zero-order valence-electron chi connectivity index (χ0n) is 15.4. The topological polar surface area (TPSA) is 70.6 Å². The fraction of sp³-hybridized carbons (Fsp3) is 0.368. The number of carbonyl (C=O) groups excluding carboxylic acids is 1. The van der Waals surface area contributed by atoms with Crippen LogP contribution in [0.25, 0.3) is 0 Å². The van der Waals surface area contributed by atoms with Crippen LogP contribution < -0.4 is 0 Å². The predicted octanol–water partition coefficient (Wildman–Crippen LogP) is 1.85. The van der Waals surface area contributed by atoms with E-state index in [0.29, 0.717) is 13.0 Å². The Morgan fingerprint density at radius 3 is 2.23 bits per heavy atom. The highest BCUT2D eigenvalue weighted by Crippen LogP contribution is 2.10. The molecule has 2 aromatic rings. The van der Waals surface area contributed by atoms with Crippen LogP contribution in [0.15, 0.2) is 48.8 Å². The van der Waals surface area contributed by atoms with Crippen molar-refractivity contribution in [2.75, 3.05) is 26.4 Å². The number of aromatic nitrogens is 1. The molecule has 26 heavy (non-hydrogen) atoms. The Morgan fingerprint density at radius 1 is 1.04 bits per heavy atom. The number of amides is 1. The molecule has 2 rings (SSSR count). The van der Waals surface area contributed by atoms with Gasteiger partial charge in [-0.05, 0) is 36.6 Å². The van der Waals surface area contributed by atoms with Crippen molar-refractivity contribution >= 4 is 15.9 Å². The number of likely N-dealkylation sites (N-methyl/N-ethyl adjacent to an activating group) is 1. The molecule has 0 aliphatic rings. The minimum Gasteiger partial charge on any atom is -0.344 e. The van der Waals surface area contributed by atoms with E-state index in [9.17, 15) is 13.2 Å². The summed E-state index contributed by atoms with van der Waals surface area (Å²) in [5.74, 6) is -0.225. The number of benzene rings is 1. The first-order chi connectivity index (χ1) is 12.3. The Hall–Kier alpha value is -2.25. The molecule has 140 valence electrons. The molecule has 1 aromatic heterocycles. The van der Waals surface area contributed by atoms with Gasteiger partial charge in [0.15, 0.2) is 0 Å². The van der Waals surface area contributed by atoms with Crippen LogP contribution in [-0.4, -0.2) is 54.9 Å². The number of aryl methyl sites for hydroxylation is 1. The fourth-order valence-electron chi connectivity index (χ4n) is 2.43. The molecule has 0 radical (unpaired) electrons. The molecule has 0 N–H and O–H groups in total. The van der Waals surface area contributed by atoms with Crippen LogP contribution in [0.4, 0.5) is 0 Å². The van der Waals surface area contributed by atoms with E-state index in [1.807, 2.05) is 43.3 Å². The van der Waals surface area contributed by atoms with Crippen LogP contribution >= 0.6 is 0 Å². The van der Waals surface area contributed by atoms with Gasteiger partial charge in [-0.25, -0.2) is 8.42 Å².